The molecule has 1 aliphatic heterocycles. The summed E-state index contributed by atoms with van der Waals surface area (Å²) in [5.74, 6) is -0.539. The highest BCUT2D eigenvalue weighted by Crippen LogP contribution is 2.23. The molecule has 30 heavy (non-hydrogen) atoms. The van der Waals surface area contributed by atoms with Gasteiger partial charge in [-0.2, -0.15) is 5.10 Å². The van der Waals surface area contributed by atoms with Crippen molar-refractivity contribution < 1.29 is 13.6 Å². The Kier molecular flexibility index (Phi) is 5.86. The van der Waals surface area contributed by atoms with Crippen molar-refractivity contribution in [1.82, 2.24) is 14.7 Å². The molecule has 1 aromatic heterocycles. The van der Waals surface area contributed by atoms with Crippen LogP contribution in [0.25, 0.3) is 11.3 Å². The first-order valence-electron chi connectivity index (χ1n) is 10.0. The summed E-state index contributed by atoms with van der Waals surface area (Å²) >= 11 is 0. The molecule has 0 N–H and O–H groups in total. The number of aromatic nitrogens is 2. The predicted molar refractivity (Wildman–Crippen MR) is 113 cm³/mol. The van der Waals surface area contributed by atoms with Gasteiger partial charge >= 0.3 is 0 Å². The lowest BCUT2D eigenvalue weighted by Crippen LogP contribution is -2.30. The average molecular weight is 407 g/mol. The molecule has 0 fully saturated rings. The molecule has 2 aromatic carbocycles. The highest BCUT2D eigenvalue weighted by molar-refractivity contribution is 5.97. The Morgan fingerprint density at radius 2 is 1.90 bits per heavy atom. The van der Waals surface area contributed by atoms with Crippen LogP contribution in [0.3, 0.4) is 0 Å². The van der Waals surface area contributed by atoms with Crippen molar-refractivity contribution in [2.24, 2.45) is 0 Å². The van der Waals surface area contributed by atoms with E-state index in [1.165, 1.54) is 29.8 Å². The minimum Gasteiger partial charge on any atom is -0.299 e. The van der Waals surface area contributed by atoms with Crippen LogP contribution in [0.2, 0.25) is 0 Å². The van der Waals surface area contributed by atoms with Crippen LogP contribution in [0.4, 0.5) is 8.78 Å². The Bertz CT molecular complexity index is 1090. The monoisotopic (exact) mass is 407 g/mol. The van der Waals surface area contributed by atoms with Crippen LogP contribution in [-0.4, -0.2) is 40.1 Å². The second-order valence-electron chi connectivity index (χ2n) is 7.50. The molecule has 0 atom stereocenters. The second-order valence-corrected chi connectivity index (χ2v) is 7.50. The van der Waals surface area contributed by atoms with Crippen LogP contribution in [-0.2, 0) is 0 Å². The zero-order valence-electron chi connectivity index (χ0n) is 16.8. The maximum absolute atomic E-state index is 13.5. The zero-order valence-corrected chi connectivity index (χ0v) is 16.8. The van der Waals surface area contributed by atoms with Crippen molar-refractivity contribution in [3.05, 3.63) is 89.3 Å². The van der Waals surface area contributed by atoms with E-state index in [-0.39, 0.29) is 17.4 Å². The Morgan fingerprint density at radius 3 is 2.60 bits per heavy atom. The van der Waals surface area contributed by atoms with Crippen LogP contribution < -0.4 is 0 Å². The fourth-order valence-corrected chi connectivity index (χ4v) is 3.79. The summed E-state index contributed by atoms with van der Waals surface area (Å²) in [5, 5.41) is 4.27. The van der Waals surface area contributed by atoms with E-state index in [0.29, 0.717) is 29.9 Å². The lowest BCUT2D eigenvalue weighted by molar-refractivity contribution is 0.0966. The number of carbonyl (C=O) groups excluding carboxylic acids is 1. The van der Waals surface area contributed by atoms with Gasteiger partial charge in [0.05, 0.1) is 23.1 Å². The molecule has 0 bridgehead atoms. The topological polar surface area (TPSA) is 38.1 Å². The van der Waals surface area contributed by atoms with E-state index in [1.54, 1.807) is 35.1 Å². The normalized spacial score (nSPS) is 14.6. The van der Waals surface area contributed by atoms with Gasteiger partial charge in [0.1, 0.15) is 11.6 Å². The summed E-state index contributed by atoms with van der Waals surface area (Å²) < 4.78 is 28.2. The minimum absolute atomic E-state index is 0.0310. The number of hydrogen-bond acceptors (Lipinski definition) is 3. The highest BCUT2D eigenvalue weighted by atomic mass is 19.1. The first kappa shape index (κ1) is 20.2. The van der Waals surface area contributed by atoms with E-state index >= 15 is 0 Å². The molecule has 0 amide bonds. The molecule has 0 radical (unpaired) electrons. The Hall–Kier alpha value is -3.12. The SMILES string of the molecule is Cc1c(C(=O)CCN2CC=C(c3ccc(F)cc3)CC2)cnn1-c1cccc(F)c1. The smallest absolute Gasteiger partial charge is 0.167 e. The molecular weight excluding hydrogens is 384 g/mol. The average Bonchev–Trinajstić information content (AvgIpc) is 3.14. The zero-order chi connectivity index (χ0) is 21.1. The van der Waals surface area contributed by atoms with Gasteiger partial charge in [0.2, 0.25) is 0 Å². The first-order chi connectivity index (χ1) is 14.5. The number of benzene rings is 2. The molecule has 0 saturated carbocycles. The Labute approximate surface area is 174 Å². The van der Waals surface area contributed by atoms with E-state index in [2.05, 4.69) is 16.1 Å². The highest BCUT2D eigenvalue weighted by Gasteiger charge is 2.18. The number of halogens is 2. The van der Waals surface area contributed by atoms with E-state index in [4.69, 9.17) is 0 Å². The van der Waals surface area contributed by atoms with Gasteiger partial charge in [-0.3, -0.25) is 9.69 Å². The van der Waals surface area contributed by atoms with Gasteiger partial charge < -0.3 is 0 Å². The number of Topliss-reactive ketones (excluding diaryl/α,β-unsaturated/α-hetero) is 1. The third-order valence-corrected chi connectivity index (χ3v) is 5.53. The van der Waals surface area contributed by atoms with Crippen LogP contribution >= 0.6 is 0 Å². The Balaban J connectivity index is 1.36. The van der Waals surface area contributed by atoms with Gasteiger partial charge in [-0.15, -0.1) is 0 Å². The molecule has 154 valence electrons. The van der Waals surface area contributed by atoms with Crippen molar-refractivity contribution in [3.8, 4) is 5.69 Å². The summed E-state index contributed by atoms with van der Waals surface area (Å²) in [6.07, 6.45) is 4.98. The van der Waals surface area contributed by atoms with E-state index in [1.807, 2.05) is 6.92 Å². The van der Waals surface area contributed by atoms with Crippen LogP contribution in [0.5, 0.6) is 0 Å². The fraction of sp³-hybridized carbons (Fsp3) is 0.250. The number of rotatable bonds is 6. The third-order valence-electron chi connectivity index (χ3n) is 5.53. The standard InChI is InChI=1S/C24H23F2N3O/c1-17-23(16-27-29(17)22-4-2-3-21(26)15-22)24(30)11-14-28-12-9-19(10-13-28)18-5-7-20(25)8-6-18/h2-9,15-16H,10-14H2,1H3. The van der Waals surface area contributed by atoms with Crippen molar-refractivity contribution in [3.63, 3.8) is 0 Å². The quantitative estimate of drug-likeness (QED) is 0.550. The molecule has 4 rings (SSSR count). The van der Waals surface area contributed by atoms with Crippen LogP contribution in [0.15, 0.2) is 60.8 Å². The first-order valence-corrected chi connectivity index (χ1v) is 10.0. The van der Waals surface area contributed by atoms with Crippen LogP contribution in [0, 0.1) is 18.6 Å². The van der Waals surface area contributed by atoms with E-state index in [0.717, 1.165) is 25.1 Å². The van der Waals surface area contributed by atoms with Gasteiger partial charge in [-0.1, -0.05) is 24.3 Å². The van der Waals surface area contributed by atoms with E-state index < -0.39 is 0 Å². The number of hydrogen-bond donors (Lipinski definition) is 0. The summed E-state index contributed by atoms with van der Waals surface area (Å²) in [6.45, 7) is 4.11. The number of carbonyl (C=O) groups is 1. The lowest BCUT2D eigenvalue weighted by atomic mass is 9.99. The molecule has 2 heterocycles. The lowest BCUT2D eigenvalue weighted by Gasteiger charge is -2.26. The third kappa shape index (κ3) is 4.39. The predicted octanol–water partition coefficient (Wildman–Crippen LogP) is 4.82. The fourth-order valence-electron chi connectivity index (χ4n) is 3.79. The second kappa shape index (κ2) is 8.71. The van der Waals surface area contributed by atoms with Crippen LogP contribution in [0.1, 0.15) is 34.5 Å². The molecule has 0 unspecified atom stereocenters. The molecule has 0 saturated heterocycles. The molecule has 0 aliphatic carbocycles. The molecule has 4 nitrogen and oxygen atoms in total. The number of ketones is 1. The van der Waals surface area contributed by atoms with Gasteiger partial charge in [0.25, 0.3) is 0 Å². The molecular formula is C24H23F2N3O. The van der Waals surface area contributed by atoms with Gasteiger partial charge in [-0.05, 0) is 54.8 Å². The van der Waals surface area contributed by atoms with Gasteiger partial charge in [0, 0.05) is 26.1 Å². The van der Waals surface area contributed by atoms with E-state index in [9.17, 15) is 13.6 Å². The van der Waals surface area contributed by atoms with Crippen molar-refractivity contribution >= 4 is 11.4 Å². The molecule has 6 heteroatoms. The Morgan fingerprint density at radius 1 is 1.10 bits per heavy atom. The summed E-state index contributed by atoms with van der Waals surface area (Å²) in [5.41, 5.74) is 4.14. The van der Waals surface area contributed by atoms with Crippen molar-refractivity contribution in [2.75, 3.05) is 19.6 Å². The maximum Gasteiger partial charge on any atom is 0.167 e. The molecule has 1 aliphatic rings. The summed E-state index contributed by atoms with van der Waals surface area (Å²) in [4.78, 5) is 15.0. The van der Waals surface area contributed by atoms with Crippen molar-refractivity contribution in [1.29, 1.82) is 0 Å². The molecule has 3 aromatic rings. The summed E-state index contributed by atoms with van der Waals surface area (Å²) in [7, 11) is 0. The largest absolute Gasteiger partial charge is 0.299 e. The van der Waals surface area contributed by atoms with Gasteiger partial charge in [0.15, 0.2) is 5.78 Å². The summed E-state index contributed by atoms with van der Waals surface area (Å²) in [6, 6.07) is 12.7. The minimum atomic E-state index is -0.339. The number of nitrogens with zero attached hydrogens (tertiary/aromatic N) is 3. The molecule has 0 spiro atoms. The maximum atomic E-state index is 13.5. The van der Waals surface area contributed by atoms with Gasteiger partial charge in [-0.25, -0.2) is 13.5 Å². The van der Waals surface area contributed by atoms with Crippen molar-refractivity contribution in [2.45, 2.75) is 19.8 Å².